The Morgan fingerprint density at radius 2 is 1.92 bits per heavy atom. The quantitative estimate of drug-likeness (QED) is 0.550. The lowest BCUT2D eigenvalue weighted by Crippen LogP contribution is -2.05. The Labute approximate surface area is 146 Å². The summed E-state index contributed by atoms with van der Waals surface area (Å²) < 4.78 is 4.35. The Morgan fingerprint density at radius 1 is 1.08 bits per heavy atom. The van der Waals surface area contributed by atoms with Crippen LogP contribution in [-0.4, -0.2) is 19.3 Å². The van der Waals surface area contributed by atoms with Gasteiger partial charge >= 0.3 is 0 Å². The zero-order valence-electron chi connectivity index (χ0n) is 14.5. The molecule has 0 aliphatic carbocycles. The lowest BCUT2D eigenvalue weighted by Gasteiger charge is -2.15. The molecule has 0 radical (unpaired) electrons. The van der Waals surface area contributed by atoms with Crippen LogP contribution in [0.4, 0.5) is 0 Å². The molecule has 0 amide bonds. The van der Waals surface area contributed by atoms with Gasteiger partial charge in [0.25, 0.3) is 0 Å². The van der Waals surface area contributed by atoms with Crippen LogP contribution in [0.15, 0.2) is 54.7 Å². The fourth-order valence-electron chi connectivity index (χ4n) is 4.00. The Kier molecular flexibility index (Phi) is 3.07. The molecule has 0 saturated heterocycles. The number of rotatable bonds is 2. The third kappa shape index (κ3) is 2.14. The first kappa shape index (κ1) is 14.5. The summed E-state index contributed by atoms with van der Waals surface area (Å²) in [5.41, 5.74) is 7.25. The van der Waals surface area contributed by atoms with E-state index in [4.69, 9.17) is 4.98 Å². The zero-order valence-corrected chi connectivity index (χ0v) is 14.5. The molecule has 0 N–H and O–H groups in total. The molecule has 5 rings (SSSR count). The van der Waals surface area contributed by atoms with Crippen LogP contribution in [0.2, 0.25) is 0 Å². The van der Waals surface area contributed by atoms with Gasteiger partial charge < -0.3 is 4.57 Å². The van der Waals surface area contributed by atoms with Crippen molar-refractivity contribution in [1.82, 2.24) is 19.3 Å². The van der Waals surface area contributed by atoms with E-state index in [1.165, 1.54) is 33.7 Å². The molecule has 4 nitrogen and oxygen atoms in total. The maximum absolute atomic E-state index is 4.87. The molecule has 1 unspecified atom stereocenters. The molecule has 25 heavy (non-hydrogen) atoms. The van der Waals surface area contributed by atoms with Gasteiger partial charge in [0.1, 0.15) is 5.82 Å². The number of hydrogen-bond acceptors (Lipinski definition) is 2. The highest BCUT2D eigenvalue weighted by molar-refractivity contribution is 5.83. The maximum atomic E-state index is 4.87. The van der Waals surface area contributed by atoms with Crippen LogP contribution in [0.1, 0.15) is 29.5 Å². The van der Waals surface area contributed by atoms with Crippen LogP contribution in [0.3, 0.4) is 0 Å². The third-order valence-electron chi connectivity index (χ3n) is 5.45. The standard InChI is InChI=1S/C21H20N4/c1-14-17(13-22-24(14)2)16-8-9-18-20(12-16)25-19(10-11-21(25)23-18)15-6-4-3-5-7-15/h3-9,12-13,19H,10-11H2,1-2H3. The monoisotopic (exact) mass is 328 g/mol. The highest BCUT2D eigenvalue weighted by Crippen LogP contribution is 2.37. The van der Waals surface area contributed by atoms with Gasteiger partial charge in [-0.05, 0) is 36.6 Å². The fraction of sp³-hybridized carbons (Fsp3) is 0.238. The van der Waals surface area contributed by atoms with Crippen LogP contribution in [0.5, 0.6) is 0 Å². The van der Waals surface area contributed by atoms with E-state index >= 15 is 0 Å². The van der Waals surface area contributed by atoms with Crippen LogP contribution < -0.4 is 0 Å². The van der Waals surface area contributed by atoms with E-state index in [9.17, 15) is 0 Å². The predicted octanol–water partition coefficient (Wildman–Crippen LogP) is 4.28. The van der Waals surface area contributed by atoms with Gasteiger partial charge in [0.2, 0.25) is 0 Å². The van der Waals surface area contributed by atoms with E-state index in [2.05, 4.69) is 65.1 Å². The van der Waals surface area contributed by atoms with Crippen molar-refractivity contribution in [3.05, 3.63) is 71.8 Å². The van der Waals surface area contributed by atoms with Crippen LogP contribution in [0.25, 0.3) is 22.2 Å². The summed E-state index contributed by atoms with van der Waals surface area (Å²) in [5, 5.41) is 4.39. The fourth-order valence-corrected chi connectivity index (χ4v) is 4.00. The van der Waals surface area contributed by atoms with Gasteiger partial charge in [-0.15, -0.1) is 0 Å². The van der Waals surface area contributed by atoms with E-state index in [0.717, 1.165) is 18.4 Å². The average molecular weight is 328 g/mol. The lowest BCUT2D eigenvalue weighted by molar-refractivity contribution is 0.637. The molecule has 3 heterocycles. The Hall–Kier alpha value is -2.88. The SMILES string of the molecule is Cc1c(-c2ccc3nc4n(c3c2)C(c2ccccc2)CC4)cnn1C. The van der Waals surface area contributed by atoms with Crippen LogP contribution in [0, 0.1) is 6.92 Å². The molecule has 124 valence electrons. The van der Waals surface area contributed by atoms with E-state index in [0.29, 0.717) is 6.04 Å². The van der Waals surface area contributed by atoms with Gasteiger partial charge in [-0.25, -0.2) is 4.98 Å². The van der Waals surface area contributed by atoms with Gasteiger partial charge in [-0.1, -0.05) is 36.4 Å². The summed E-state index contributed by atoms with van der Waals surface area (Å²) in [6.45, 7) is 2.11. The van der Waals surface area contributed by atoms with Gasteiger partial charge in [0.05, 0.1) is 23.3 Å². The highest BCUT2D eigenvalue weighted by atomic mass is 15.3. The van der Waals surface area contributed by atoms with Crippen LogP contribution >= 0.6 is 0 Å². The molecular weight excluding hydrogens is 308 g/mol. The normalized spacial score (nSPS) is 16.5. The molecule has 4 aromatic rings. The minimum Gasteiger partial charge on any atom is -0.320 e. The van der Waals surface area contributed by atoms with Crippen molar-refractivity contribution in [2.75, 3.05) is 0 Å². The second kappa shape index (κ2) is 5.31. The number of benzene rings is 2. The number of aryl methyl sites for hydroxylation is 2. The number of aromatic nitrogens is 4. The number of fused-ring (bicyclic) bond motifs is 3. The van der Waals surface area contributed by atoms with Crippen molar-refractivity contribution in [3.63, 3.8) is 0 Å². The summed E-state index contributed by atoms with van der Waals surface area (Å²) in [4.78, 5) is 4.87. The van der Waals surface area contributed by atoms with E-state index in [1.54, 1.807) is 0 Å². The molecule has 2 aromatic heterocycles. The molecule has 1 atom stereocenters. The minimum absolute atomic E-state index is 0.381. The number of imidazole rings is 1. The summed E-state index contributed by atoms with van der Waals surface area (Å²) in [6, 6.07) is 17.7. The largest absolute Gasteiger partial charge is 0.320 e. The van der Waals surface area contributed by atoms with Gasteiger partial charge in [0.15, 0.2) is 0 Å². The first-order valence-corrected chi connectivity index (χ1v) is 8.77. The molecular formula is C21H20N4. The molecule has 1 aliphatic rings. The maximum Gasteiger partial charge on any atom is 0.110 e. The Morgan fingerprint density at radius 3 is 2.68 bits per heavy atom. The summed E-state index contributed by atoms with van der Waals surface area (Å²) >= 11 is 0. The topological polar surface area (TPSA) is 35.6 Å². The molecule has 4 heteroatoms. The number of hydrogen-bond donors (Lipinski definition) is 0. The molecule has 0 fully saturated rings. The molecule has 1 aliphatic heterocycles. The lowest BCUT2D eigenvalue weighted by atomic mass is 10.0. The second-order valence-corrected chi connectivity index (χ2v) is 6.83. The molecule has 0 spiro atoms. The summed E-state index contributed by atoms with van der Waals surface area (Å²) in [5.74, 6) is 1.20. The minimum atomic E-state index is 0.381. The first-order valence-electron chi connectivity index (χ1n) is 8.77. The van der Waals surface area contributed by atoms with Crippen molar-refractivity contribution in [3.8, 4) is 11.1 Å². The van der Waals surface area contributed by atoms with Crippen LogP contribution in [-0.2, 0) is 13.5 Å². The van der Waals surface area contributed by atoms with Crippen molar-refractivity contribution < 1.29 is 0 Å². The Balaban J connectivity index is 1.69. The van der Waals surface area contributed by atoms with Gasteiger partial charge in [0, 0.05) is 24.7 Å². The van der Waals surface area contributed by atoms with Crippen molar-refractivity contribution in [2.24, 2.45) is 7.05 Å². The average Bonchev–Trinajstić information content (AvgIpc) is 3.30. The summed E-state index contributed by atoms with van der Waals surface area (Å²) in [6.07, 6.45) is 4.11. The van der Waals surface area contributed by atoms with E-state index in [1.807, 2.05) is 17.9 Å². The third-order valence-corrected chi connectivity index (χ3v) is 5.45. The molecule has 0 saturated carbocycles. The van der Waals surface area contributed by atoms with E-state index in [-0.39, 0.29) is 0 Å². The molecule has 2 aromatic carbocycles. The van der Waals surface area contributed by atoms with Gasteiger partial charge in [-0.3, -0.25) is 4.68 Å². The Bertz CT molecular complexity index is 1070. The first-order chi connectivity index (χ1) is 12.2. The number of nitrogens with zero attached hydrogens (tertiary/aromatic N) is 4. The smallest absolute Gasteiger partial charge is 0.110 e. The van der Waals surface area contributed by atoms with Crippen molar-refractivity contribution in [2.45, 2.75) is 25.8 Å². The highest BCUT2D eigenvalue weighted by Gasteiger charge is 2.27. The van der Waals surface area contributed by atoms with E-state index < -0.39 is 0 Å². The van der Waals surface area contributed by atoms with Crippen molar-refractivity contribution in [1.29, 1.82) is 0 Å². The van der Waals surface area contributed by atoms with Gasteiger partial charge in [-0.2, -0.15) is 5.10 Å². The predicted molar refractivity (Wildman–Crippen MR) is 99.6 cm³/mol. The zero-order chi connectivity index (χ0) is 17.0. The summed E-state index contributed by atoms with van der Waals surface area (Å²) in [7, 11) is 1.99. The second-order valence-electron chi connectivity index (χ2n) is 6.83. The molecule has 0 bridgehead atoms. The van der Waals surface area contributed by atoms with Crippen molar-refractivity contribution >= 4 is 11.0 Å².